The number of nitrogens with one attached hydrogen (secondary N) is 1. The first-order valence-electron chi connectivity index (χ1n) is 6.51. The van der Waals surface area contributed by atoms with Crippen molar-refractivity contribution in [2.75, 3.05) is 0 Å². The second kappa shape index (κ2) is 5.02. The summed E-state index contributed by atoms with van der Waals surface area (Å²) >= 11 is 5.25. The molecule has 0 radical (unpaired) electrons. The third kappa shape index (κ3) is 3.05. The van der Waals surface area contributed by atoms with Gasteiger partial charge in [-0.1, -0.05) is 26.8 Å². The van der Waals surface area contributed by atoms with E-state index in [-0.39, 0.29) is 5.41 Å². The van der Waals surface area contributed by atoms with E-state index >= 15 is 0 Å². The molecule has 0 aliphatic carbocycles. The van der Waals surface area contributed by atoms with E-state index in [0.29, 0.717) is 10.5 Å². The van der Waals surface area contributed by atoms with Gasteiger partial charge in [0.2, 0.25) is 0 Å². The molecule has 0 amide bonds. The number of benzene rings is 1. The summed E-state index contributed by atoms with van der Waals surface area (Å²) in [5, 5.41) is 0. The fraction of sp³-hybridized carbons (Fsp3) is 0.400. The van der Waals surface area contributed by atoms with Gasteiger partial charge < -0.3 is 4.98 Å². The van der Waals surface area contributed by atoms with E-state index in [2.05, 4.69) is 4.98 Å². The maximum atomic E-state index is 12.9. The molecule has 1 heterocycles. The number of aryl methyl sites for hydroxylation is 1. The van der Waals surface area contributed by atoms with Crippen LogP contribution in [0.25, 0.3) is 5.69 Å². The van der Waals surface area contributed by atoms with Crippen LogP contribution in [0.1, 0.15) is 37.6 Å². The van der Waals surface area contributed by atoms with E-state index in [1.807, 2.05) is 20.8 Å². The van der Waals surface area contributed by atoms with Gasteiger partial charge in [0.25, 0.3) is 0 Å². The largest absolute Gasteiger partial charge is 0.416 e. The van der Waals surface area contributed by atoms with Crippen molar-refractivity contribution < 1.29 is 13.2 Å². The molecule has 0 saturated carbocycles. The van der Waals surface area contributed by atoms with Gasteiger partial charge in [0.15, 0.2) is 4.77 Å². The van der Waals surface area contributed by atoms with E-state index in [4.69, 9.17) is 12.2 Å². The summed E-state index contributed by atoms with van der Waals surface area (Å²) in [4.78, 5) is 2.92. The normalized spacial score (nSPS) is 12.7. The minimum Gasteiger partial charge on any atom is -0.337 e. The Labute approximate surface area is 126 Å². The van der Waals surface area contributed by atoms with Crippen LogP contribution in [0, 0.1) is 11.7 Å². The van der Waals surface area contributed by atoms with Crippen LogP contribution in [0.2, 0.25) is 0 Å². The number of hydrogen-bond acceptors (Lipinski definition) is 1. The number of aromatic amines is 1. The first-order chi connectivity index (χ1) is 9.51. The Kier molecular flexibility index (Phi) is 3.78. The highest BCUT2D eigenvalue weighted by Gasteiger charge is 2.31. The predicted molar refractivity (Wildman–Crippen MR) is 79.4 cm³/mol. The van der Waals surface area contributed by atoms with Gasteiger partial charge in [0.05, 0.1) is 11.3 Å². The number of halogens is 3. The summed E-state index contributed by atoms with van der Waals surface area (Å²) < 4.78 is 40.9. The maximum Gasteiger partial charge on any atom is 0.416 e. The van der Waals surface area contributed by atoms with Crippen LogP contribution in [0.3, 0.4) is 0 Å². The predicted octanol–water partition coefficient (Wildman–Crippen LogP) is 5.16. The zero-order chi connectivity index (χ0) is 16.0. The number of aromatic nitrogens is 2. The average Bonchev–Trinajstić information content (AvgIpc) is 2.70. The lowest BCUT2D eigenvalue weighted by molar-refractivity contribution is -0.137. The van der Waals surface area contributed by atoms with Crippen molar-refractivity contribution in [3.63, 3.8) is 0 Å². The zero-order valence-corrected chi connectivity index (χ0v) is 13.1. The van der Waals surface area contributed by atoms with E-state index in [1.165, 1.54) is 6.07 Å². The Balaban J connectivity index is 2.74. The van der Waals surface area contributed by atoms with Crippen LogP contribution in [-0.4, -0.2) is 9.55 Å². The molecule has 114 valence electrons. The smallest absolute Gasteiger partial charge is 0.337 e. The minimum absolute atomic E-state index is 0.242. The van der Waals surface area contributed by atoms with Gasteiger partial charge in [0, 0.05) is 17.3 Å². The monoisotopic (exact) mass is 314 g/mol. The summed E-state index contributed by atoms with van der Waals surface area (Å²) in [7, 11) is 0. The topological polar surface area (TPSA) is 20.7 Å². The summed E-state index contributed by atoms with van der Waals surface area (Å²) in [5.41, 5.74) is 1.13. The lowest BCUT2D eigenvalue weighted by atomic mass is 9.92. The van der Waals surface area contributed by atoms with Crippen LogP contribution in [0.5, 0.6) is 0 Å². The zero-order valence-electron chi connectivity index (χ0n) is 12.3. The first-order valence-corrected chi connectivity index (χ1v) is 6.92. The van der Waals surface area contributed by atoms with E-state index in [1.54, 1.807) is 17.7 Å². The van der Waals surface area contributed by atoms with Crippen LogP contribution in [-0.2, 0) is 11.6 Å². The van der Waals surface area contributed by atoms with Crippen molar-refractivity contribution in [1.29, 1.82) is 0 Å². The standard InChI is InChI=1S/C15H17F3N2S/c1-9-5-6-10(15(16,17)18)7-11(9)20-12(14(2,3)4)8-19-13(20)21/h5-8H,1-4H3,(H,19,21). The molecule has 2 aromatic rings. The Morgan fingerprint density at radius 2 is 1.76 bits per heavy atom. The SMILES string of the molecule is Cc1ccc(C(F)(F)F)cc1-n1c(C(C)(C)C)c[nH]c1=S. The molecule has 2 rings (SSSR count). The Hall–Kier alpha value is -1.56. The second-order valence-electron chi connectivity index (χ2n) is 6.06. The van der Waals surface area contributed by atoms with E-state index in [0.717, 1.165) is 23.4 Å². The summed E-state index contributed by atoms with van der Waals surface area (Å²) in [6.07, 6.45) is -2.62. The number of hydrogen-bond donors (Lipinski definition) is 1. The lowest BCUT2D eigenvalue weighted by Crippen LogP contribution is -2.18. The average molecular weight is 314 g/mol. The number of H-pyrrole nitrogens is 1. The molecule has 0 unspecified atom stereocenters. The molecule has 1 aromatic heterocycles. The van der Waals surface area contributed by atoms with Gasteiger partial charge in [-0.3, -0.25) is 4.57 Å². The van der Waals surface area contributed by atoms with Crippen molar-refractivity contribution in [2.24, 2.45) is 0 Å². The Morgan fingerprint density at radius 3 is 2.29 bits per heavy atom. The Bertz CT molecular complexity index is 718. The van der Waals surface area contributed by atoms with Gasteiger partial charge in [-0.25, -0.2) is 0 Å². The Morgan fingerprint density at radius 1 is 1.14 bits per heavy atom. The number of alkyl halides is 3. The van der Waals surface area contributed by atoms with Crippen LogP contribution < -0.4 is 0 Å². The van der Waals surface area contributed by atoms with Crippen molar-refractivity contribution in [3.8, 4) is 5.69 Å². The molecule has 0 aliphatic heterocycles. The maximum absolute atomic E-state index is 12.9. The van der Waals surface area contributed by atoms with Crippen LogP contribution in [0.15, 0.2) is 24.4 Å². The first kappa shape index (κ1) is 15.8. The molecule has 0 bridgehead atoms. The fourth-order valence-corrected chi connectivity index (χ4v) is 2.44. The second-order valence-corrected chi connectivity index (χ2v) is 6.45. The van der Waals surface area contributed by atoms with Gasteiger partial charge in [-0.05, 0) is 36.8 Å². The molecular weight excluding hydrogens is 297 g/mol. The summed E-state index contributed by atoms with van der Waals surface area (Å²) in [6.45, 7) is 7.75. The molecule has 21 heavy (non-hydrogen) atoms. The molecule has 0 fully saturated rings. The number of nitrogens with zero attached hydrogens (tertiary/aromatic N) is 1. The molecule has 2 nitrogen and oxygen atoms in total. The van der Waals surface area contributed by atoms with Crippen molar-refractivity contribution in [3.05, 3.63) is 46.0 Å². The van der Waals surface area contributed by atoms with Crippen molar-refractivity contribution >= 4 is 12.2 Å². The third-order valence-corrected chi connectivity index (χ3v) is 3.62. The van der Waals surface area contributed by atoms with Crippen molar-refractivity contribution in [2.45, 2.75) is 39.3 Å². The molecule has 0 aliphatic rings. The van der Waals surface area contributed by atoms with Gasteiger partial charge in [-0.15, -0.1) is 0 Å². The van der Waals surface area contributed by atoms with Gasteiger partial charge in [0.1, 0.15) is 0 Å². The lowest BCUT2D eigenvalue weighted by Gasteiger charge is -2.22. The molecular formula is C15H17F3N2S. The quantitative estimate of drug-likeness (QED) is 0.721. The van der Waals surface area contributed by atoms with Crippen LogP contribution in [0.4, 0.5) is 13.2 Å². The molecule has 0 spiro atoms. The molecule has 0 saturated heterocycles. The third-order valence-electron chi connectivity index (χ3n) is 3.32. The van der Waals surface area contributed by atoms with Gasteiger partial charge >= 0.3 is 6.18 Å². The number of rotatable bonds is 1. The number of imidazole rings is 1. The molecule has 1 aromatic carbocycles. The molecule has 0 atom stereocenters. The summed E-state index contributed by atoms with van der Waals surface area (Å²) in [5.74, 6) is 0. The van der Waals surface area contributed by atoms with Crippen molar-refractivity contribution in [1.82, 2.24) is 9.55 Å². The highest BCUT2D eigenvalue weighted by molar-refractivity contribution is 7.71. The highest BCUT2D eigenvalue weighted by atomic mass is 32.1. The minimum atomic E-state index is -4.37. The molecule has 1 N–H and O–H groups in total. The molecule has 6 heteroatoms. The van der Waals surface area contributed by atoms with Crippen LogP contribution >= 0.6 is 12.2 Å². The fourth-order valence-electron chi connectivity index (χ4n) is 2.19. The van der Waals surface area contributed by atoms with E-state index < -0.39 is 11.7 Å². The van der Waals surface area contributed by atoms with E-state index in [9.17, 15) is 13.2 Å². The van der Waals surface area contributed by atoms with Gasteiger partial charge in [-0.2, -0.15) is 13.2 Å². The highest BCUT2D eigenvalue weighted by Crippen LogP contribution is 2.33. The summed E-state index contributed by atoms with van der Waals surface area (Å²) in [6, 6.07) is 3.71.